The Kier molecular flexibility index (Phi) is 4.79. The van der Waals surface area contributed by atoms with E-state index < -0.39 is 6.10 Å². The Bertz CT molecular complexity index is 349. The predicted octanol–water partition coefficient (Wildman–Crippen LogP) is 1.68. The first-order chi connectivity index (χ1) is 7.65. The van der Waals surface area contributed by atoms with Crippen molar-refractivity contribution in [2.75, 3.05) is 13.7 Å². The van der Waals surface area contributed by atoms with Crippen LogP contribution in [-0.4, -0.2) is 24.8 Å². The maximum atomic E-state index is 10.6. The van der Waals surface area contributed by atoms with Gasteiger partial charge in [0, 0.05) is 18.9 Å². The van der Waals surface area contributed by atoms with Crippen LogP contribution in [0.4, 0.5) is 0 Å². The Hall–Kier alpha value is -1.55. The van der Waals surface area contributed by atoms with Gasteiger partial charge in [0.05, 0.1) is 19.8 Å². The molecule has 0 fully saturated rings. The molecule has 4 heteroatoms. The van der Waals surface area contributed by atoms with Crippen LogP contribution in [0, 0.1) is 0 Å². The molecule has 1 rings (SSSR count). The van der Waals surface area contributed by atoms with Crippen LogP contribution in [0.15, 0.2) is 24.3 Å². The van der Waals surface area contributed by atoms with E-state index in [0.29, 0.717) is 17.7 Å². The summed E-state index contributed by atoms with van der Waals surface area (Å²) < 4.78 is 9.89. The number of rotatable bonds is 5. The lowest BCUT2D eigenvalue weighted by Gasteiger charge is -2.14. The van der Waals surface area contributed by atoms with Gasteiger partial charge < -0.3 is 14.6 Å². The third-order valence-electron chi connectivity index (χ3n) is 2.19. The van der Waals surface area contributed by atoms with Crippen molar-refractivity contribution < 1.29 is 19.4 Å². The molecule has 0 spiro atoms. The molecule has 0 saturated carbocycles. The molecule has 0 radical (unpaired) electrons. The Morgan fingerprint density at radius 3 is 2.75 bits per heavy atom. The molecule has 1 aromatic rings. The Labute approximate surface area is 94.8 Å². The zero-order valence-corrected chi connectivity index (χ0v) is 9.47. The number of aliphatic hydroxyl groups excluding tert-OH is 1. The van der Waals surface area contributed by atoms with Crippen LogP contribution in [0.5, 0.6) is 5.75 Å². The molecule has 0 amide bonds. The Morgan fingerprint density at radius 1 is 1.44 bits per heavy atom. The van der Waals surface area contributed by atoms with Crippen molar-refractivity contribution in [1.29, 1.82) is 0 Å². The van der Waals surface area contributed by atoms with Crippen LogP contribution in [0.1, 0.15) is 25.0 Å². The second kappa shape index (κ2) is 6.12. The van der Waals surface area contributed by atoms with E-state index in [0.717, 1.165) is 0 Å². The highest BCUT2D eigenvalue weighted by Gasteiger charge is 2.12. The van der Waals surface area contributed by atoms with E-state index in [1.807, 2.05) is 12.1 Å². The largest absolute Gasteiger partial charge is 0.496 e. The Morgan fingerprint density at radius 2 is 2.12 bits per heavy atom. The molecule has 0 aromatic heterocycles. The van der Waals surface area contributed by atoms with E-state index in [-0.39, 0.29) is 12.6 Å². The molecule has 0 aliphatic heterocycles. The van der Waals surface area contributed by atoms with Gasteiger partial charge in [0.15, 0.2) is 0 Å². The third kappa shape index (κ3) is 3.55. The molecule has 0 aliphatic carbocycles. The zero-order valence-electron chi connectivity index (χ0n) is 9.47. The lowest BCUT2D eigenvalue weighted by molar-refractivity contribution is -0.141. The van der Waals surface area contributed by atoms with Crippen molar-refractivity contribution in [2.24, 2.45) is 0 Å². The van der Waals surface area contributed by atoms with Crippen LogP contribution >= 0.6 is 0 Å². The predicted molar refractivity (Wildman–Crippen MR) is 59.2 cm³/mol. The number of para-hydroxylation sites is 1. The number of aliphatic hydroxyl groups is 1. The number of hydrogen-bond acceptors (Lipinski definition) is 4. The van der Waals surface area contributed by atoms with E-state index in [1.54, 1.807) is 19.2 Å². The number of esters is 1. The van der Waals surface area contributed by atoms with Gasteiger partial charge in [0.1, 0.15) is 5.75 Å². The highest BCUT2D eigenvalue weighted by molar-refractivity contribution is 5.65. The molecule has 0 bridgehead atoms. The van der Waals surface area contributed by atoms with E-state index in [4.69, 9.17) is 9.47 Å². The summed E-state index contributed by atoms with van der Waals surface area (Å²) in [7, 11) is 1.55. The molecule has 1 unspecified atom stereocenters. The van der Waals surface area contributed by atoms with Gasteiger partial charge in [-0.3, -0.25) is 4.79 Å². The van der Waals surface area contributed by atoms with Gasteiger partial charge in [-0.05, 0) is 6.07 Å². The summed E-state index contributed by atoms with van der Waals surface area (Å²) in [4.78, 5) is 10.6. The molecule has 0 saturated heterocycles. The zero-order chi connectivity index (χ0) is 12.0. The number of carbonyl (C=O) groups is 1. The summed E-state index contributed by atoms with van der Waals surface area (Å²) in [6.07, 6.45) is -0.324. The highest BCUT2D eigenvalue weighted by Crippen LogP contribution is 2.26. The first-order valence-corrected chi connectivity index (χ1v) is 5.09. The second-order valence-electron chi connectivity index (χ2n) is 3.39. The minimum absolute atomic E-state index is 0.203. The fourth-order valence-corrected chi connectivity index (χ4v) is 1.41. The minimum atomic E-state index is -0.685. The minimum Gasteiger partial charge on any atom is -0.496 e. The average molecular weight is 224 g/mol. The third-order valence-corrected chi connectivity index (χ3v) is 2.19. The first kappa shape index (κ1) is 12.5. The van der Waals surface area contributed by atoms with Gasteiger partial charge in [-0.25, -0.2) is 0 Å². The second-order valence-corrected chi connectivity index (χ2v) is 3.39. The molecule has 16 heavy (non-hydrogen) atoms. The van der Waals surface area contributed by atoms with Gasteiger partial charge in [0.25, 0.3) is 0 Å². The van der Waals surface area contributed by atoms with Crippen molar-refractivity contribution >= 4 is 5.97 Å². The van der Waals surface area contributed by atoms with Crippen LogP contribution in [0.3, 0.4) is 0 Å². The fourth-order valence-electron chi connectivity index (χ4n) is 1.41. The number of carbonyl (C=O) groups excluding carboxylic acids is 1. The number of benzene rings is 1. The highest BCUT2D eigenvalue weighted by atomic mass is 16.5. The SMILES string of the molecule is COc1ccccc1C(O)CCOC(C)=O. The van der Waals surface area contributed by atoms with Crippen LogP contribution in [0.2, 0.25) is 0 Å². The van der Waals surface area contributed by atoms with E-state index >= 15 is 0 Å². The van der Waals surface area contributed by atoms with Crippen molar-refractivity contribution in [2.45, 2.75) is 19.4 Å². The topological polar surface area (TPSA) is 55.8 Å². The summed E-state index contributed by atoms with van der Waals surface area (Å²) in [5.41, 5.74) is 0.706. The summed E-state index contributed by atoms with van der Waals surface area (Å²) in [6.45, 7) is 1.55. The van der Waals surface area contributed by atoms with Crippen LogP contribution < -0.4 is 4.74 Å². The standard InChI is InChI=1S/C12H16O4/c1-9(13)16-8-7-11(14)10-5-3-4-6-12(10)15-2/h3-6,11,14H,7-8H2,1-2H3. The molecular formula is C12H16O4. The van der Waals surface area contributed by atoms with Crippen LogP contribution in [-0.2, 0) is 9.53 Å². The van der Waals surface area contributed by atoms with Crippen molar-refractivity contribution in [3.05, 3.63) is 29.8 Å². The Balaban J connectivity index is 2.58. The molecule has 1 atom stereocenters. The maximum absolute atomic E-state index is 10.6. The van der Waals surface area contributed by atoms with Crippen molar-refractivity contribution in [1.82, 2.24) is 0 Å². The summed E-state index contributed by atoms with van der Waals surface area (Å²) in [5.74, 6) is 0.296. The number of ether oxygens (including phenoxy) is 2. The molecule has 1 N–H and O–H groups in total. The lowest BCUT2D eigenvalue weighted by atomic mass is 10.1. The number of hydrogen-bond donors (Lipinski definition) is 1. The molecule has 88 valence electrons. The van der Waals surface area contributed by atoms with Crippen molar-refractivity contribution in [3.63, 3.8) is 0 Å². The van der Waals surface area contributed by atoms with Crippen molar-refractivity contribution in [3.8, 4) is 5.75 Å². The van der Waals surface area contributed by atoms with Gasteiger partial charge in [0.2, 0.25) is 0 Å². The van der Waals surface area contributed by atoms with Crippen LogP contribution in [0.25, 0.3) is 0 Å². The van der Waals surface area contributed by atoms with Gasteiger partial charge >= 0.3 is 5.97 Å². The smallest absolute Gasteiger partial charge is 0.302 e. The molecule has 0 heterocycles. The first-order valence-electron chi connectivity index (χ1n) is 5.09. The summed E-state index contributed by atoms with van der Waals surface area (Å²) in [5, 5.41) is 9.87. The molecular weight excluding hydrogens is 208 g/mol. The fraction of sp³-hybridized carbons (Fsp3) is 0.417. The molecule has 4 nitrogen and oxygen atoms in total. The summed E-state index contributed by atoms with van der Waals surface area (Å²) >= 11 is 0. The van der Waals surface area contributed by atoms with Gasteiger partial charge in [-0.15, -0.1) is 0 Å². The van der Waals surface area contributed by atoms with Gasteiger partial charge in [-0.2, -0.15) is 0 Å². The van der Waals surface area contributed by atoms with E-state index in [2.05, 4.69) is 0 Å². The maximum Gasteiger partial charge on any atom is 0.302 e. The average Bonchev–Trinajstić information content (AvgIpc) is 2.28. The molecule has 0 aliphatic rings. The quantitative estimate of drug-likeness (QED) is 0.773. The lowest BCUT2D eigenvalue weighted by Crippen LogP contribution is -2.07. The normalized spacial score (nSPS) is 11.9. The van der Waals surface area contributed by atoms with E-state index in [9.17, 15) is 9.90 Å². The number of methoxy groups -OCH3 is 1. The van der Waals surface area contributed by atoms with Gasteiger partial charge in [-0.1, -0.05) is 18.2 Å². The molecule has 1 aromatic carbocycles. The monoisotopic (exact) mass is 224 g/mol. The van der Waals surface area contributed by atoms with E-state index in [1.165, 1.54) is 6.92 Å². The summed E-state index contributed by atoms with van der Waals surface area (Å²) in [6, 6.07) is 7.23.